The van der Waals surface area contributed by atoms with Crippen LogP contribution < -0.4 is 5.32 Å². The predicted molar refractivity (Wildman–Crippen MR) is 124 cm³/mol. The maximum absolute atomic E-state index is 12.4. The summed E-state index contributed by atoms with van der Waals surface area (Å²) in [6, 6.07) is 15.5. The first kappa shape index (κ1) is 21.6. The van der Waals surface area contributed by atoms with E-state index in [9.17, 15) is 9.59 Å². The van der Waals surface area contributed by atoms with Gasteiger partial charge in [0.1, 0.15) is 0 Å². The molecule has 1 N–H and O–H groups in total. The molecule has 3 rings (SSSR count). The standard InChI is InChI=1S/C22H22N2O2S3/c1-3-15-8-10-16(11-9-15)19(25)14-29-22-23-17(13-28-22)12-21(26)24-18-6-4-5-7-20(18)27-2/h4-11,13H,3,12,14H2,1-2H3,(H,24,26). The molecular formula is C22H22N2O2S3. The number of anilines is 1. The van der Waals surface area contributed by atoms with Gasteiger partial charge >= 0.3 is 0 Å². The van der Waals surface area contributed by atoms with Crippen LogP contribution in [0.3, 0.4) is 0 Å². The number of ketones is 1. The van der Waals surface area contributed by atoms with Gasteiger partial charge in [-0.15, -0.1) is 23.1 Å². The molecule has 29 heavy (non-hydrogen) atoms. The zero-order valence-electron chi connectivity index (χ0n) is 16.3. The number of thioether (sulfide) groups is 2. The predicted octanol–water partition coefficient (Wildman–Crippen LogP) is 5.58. The number of carbonyl (C=O) groups excluding carboxylic acids is 2. The van der Waals surface area contributed by atoms with E-state index in [-0.39, 0.29) is 18.1 Å². The van der Waals surface area contributed by atoms with Gasteiger partial charge in [0, 0.05) is 15.8 Å². The lowest BCUT2D eigenvalue weighted by atomic mass is 10.1. The van der Waals surface area contributed by atoms with E-state index in [0.29, 0.717) is 5.75 Å². The Morgan fingerprint density at radius 1 is 1.10 bits per heavy atom. The van der Waals surface area contributed by atoms with Crippen molar-refractivity contribution in [2.75, 3.05) is 17.3 Å². The second-order valence-corrected chi connectivity index (χ2v) is 9.22. The van der Waals surface area contributed by atoms with Crippen molar-refractivity contribution in [3.63, 3.8) is 0 Å². The molecule has 0 fully saturated rings. The summed E-state index contributed by atoms with van der Waals surface area (Å²) in [6.45, 7) is 2.09. The van der Waals surface area contributed by atoms with Crippen LogP contribution in [0.1, 0.15) is 28.5 Å². The molecule has 0 unspecified atom stereocenters. The Balaban J connectivity index is 1.52. The molecule has 0 aliphatic rings. The molecule has 0 bridgehead atoms. The van der Waals surface area contributed by atoms with Crippen LogP contribution in [0.4, 0.5) is 5.69 Å². The van der Waals surface area contributed by atoms with Crippen molar-refractivity contribution in [2.24, 2.45) is 0 Å². The average Bonchev–Trinajstić information content (AvgIpc) is 3.19. The number of benzene rings is 2. The number of hydrogen-bond donors (Lipinski definition) is 1. The molecule has 0 saturated heterocycles. The summed E-state index contributed by atoms with van der Waals surface area (Å²) >= 11 is 4.47. The van der Waals surface area contributed by atoms with Crippen LogP contribution in [0.5, 0.6) is 0 Å². The number of thiazole rings is 1. The number of amides is 1. The summed E-state index contributed by atoms with van der Waals surface area (Å²) in [5.41, 5.74) is 3.47. The first-order valence-corrected chi connectivity index (χ1v) is 12.3. The molecule has 0 spiro atoms. The highest BCUT2D eigenvalue weighted by Crippen LogP contribution is 2.26. The van der Waals surface area contributed by atoms with E-state index < -0.39 is 0 Å². The lowest BCUT2D eigenvalue weighted by Gasteiger charge is -2.08. The lowest BCUT2D eigenvalue weighted by molar-refractivity contribution is -0.115. The van der Waals surface area contributed by atoms with Gasteiger partial charge in [0.2, 0.25) is 5.91 Å². The van der Waals surface area contributed by atoms with Gasteiger partial charge in [-0.1, -0.05) is 55.1 Å². The molecule has 0 aliphatic carbocycles. The van der Waals surface area contributed by atoms with E-state index in [1.165, 1.54) is 28.7 Å². The summed E-state index contributed by atoms with van der Waals surface area (Å²) in [5.74, 6) is 0.326. The van der Waals surface area contributed by atoms with Crippen LogP contribution in [-0.2, 0) is 17.6 Å². The number of nitrogens with one attached hydrogen (secondary N) is 1. The van der Waals surface area contributed by atoms with Crippen molar-refractivity contribution in [2.45, 2.75) is 29.0 Å². The highest BCUT2D eigenvalue weighted by atomic mass is 32.2. The maximum atomic E-state index is 12.4. The van der Waals surface area contributed by atoms with Crippen LogP contribution in [0.2, 0.25) is 0 Å². The average molecular weight is 443 g/mol. The van der Waals surface area contributed by atoms with Gasteiger partial charge in [-0.3, -0.25) is 9.59 Å². The van der Waals surface area contributed by atoms with Gasteiger partial charge in [0.05, 0.1) is 23.6 Å². The maximum Gasteiger partial charge on any atom is 0.230 e. The molecule has 0 aliphatic heterocycles. The highest BCUT2D eigenvalue weighted by Gasteiger charge is 2.12. The minimum absolute atomic E-state index is 0.0841. The Kier molecular flexibility index (Phi) is 7.91. The summed E-state index contributed by atoms with van der Waals surface area (Å²) in [7, 11) is 0. The largest absolute Gasteiger partial charge is 0.325 e. The van der Waals surface area contributed by atoms with Gasteiger partial charge < -0.3 is 5.32 Å². The number of carbonyl (C=O) groups is 2. The zero-order chi connectivity index (χ0) is 20.6. The fourth-order valence-corrected chi connectivity index (χ4v) is 4.97. The van der Waals surface area contributed by atoms with Crippen molar-refractivity contribution in [3.8, 4) is 0 Å². The van der Waals surface area contributed by atoms with E-state index in [0.717, 1.165) is 32.6 Å². The third-order valence-electron chi connectivity index (χ3n) is 4.26. The van der Waals surface area contributed by atoms with Crippen molar-refractivity contribution in [1.82, 2.24) is 4.98 Å². The molecular weight excluding hydrogens is 420 g/mol. The van der Waals surface area contributed by atoms with E-state index >= 15 is 0 Å². The summed E-state index contributed by atoms with van der Waals surface area (Å²) < 4.78 is 0.802. The van der Waals surface area contributed by atoms with Crippen LogP contribution in [0, 0.1) is 0 Å². The van der Waals surface area contributed by atoms with Crippen molar-refractivity contribution < 1.29 is 9.59 Å². The fraction of sp³-hybridized carbons (Fsp3) is 0.227. The normalized spacial score (nSPS) is 10.7. The van der Waals surface area contributed by atoms with E-state index in [4.69, 9.17) is 0 Å². The van der Waals surface area contributed by atoms with Gasteiger partial charge in [-0.2, -0.15) is 0 Å². The van der Waals surface area contributed by atoms with Gasteiger partial charge in [0.15, 0.2) is 10.1 Å². The first-order chi connectivity index (χ1) is 14.1. The van der Waals surface area contributed by atoms with E-state index in [1.807, 2.05) is 60.2 Å². The Hall–Kier alpha value is -2.09. The van der Waals surface area contributed by atoms with E-state index in [1.54, 1.807) is 11.8 Å². The molecule has 150 valence electrons. The van der Waals surface area contributed by atoms with Crippen molar-refractivity contribution >= 4 is 52.2 Å². The van der Waals surface area contributed by atoms with Gasteiger partial charge in [-0.25, -0.2) is 4.98 Å². The second-order valence-electron chi connectivity index (χ2n) is 6.29. The molecule has 1 heterocycles. The monoisotopic (exact) mass is 442 g/mol. The number of aromatic nitrogens is 1. The lowest BCUT2D eigenvalue weighted by Crippen LogP contribution is -2.15. The minimum atomic E-state index is -0.0968. The number of hydrogen-bond acceptors (Lipinski definition) is 6. The Labute approximate surface area is 183 Å². The Morgan fingerprint density at radius 2 is 1.86 bits per heavy atom. The van der Waals surface area contributed by atoms with Crippen LogP contribution in [-0.4, -0.2) is 28.7 Å². The molecule has 2 aromatic carbocycles. The van der Waals surface area contributed by atoms with Gasteiger partial charge in [0.25, 0.3) is 0 Å². The van der Waals surface area contributed by atoms with Crippen LogP contribution in [0.15, 0.2) is 63.1 Å². The Bertz CT molecular complexity index is 984. The summed E-state index contributed by atoms with van der Waals surface area (Å²) in [4.78, 5) is 30.2. The second kappa shape index (κ2) is 10.6. The molecule has 0 radical (unpaired) electrons. The fourth-order valence-electron chi connectivity index (χ4n) is 2.68. The smallest absolute Gasteiger partial charge is 0.230 e. The number of rotatable bonds is 9. The van der Waals surface area contributed by atoms with E-state index in [2.05, 4.69) is 17.2 Å². The number of aryl methyl sites for hydroxylation is 1. The summed E-state index contributed by atoms with van der Waals surface area (Å²) in [6.07, 6.45) is 3.15. The summed E-state index contributed by atoms with van der Waals surface area (Å²) in [5, 5.41) is 4.82. The topological polar surface area (TPSA) is 59.1 Å². The zero-order valence-corrected chi connectivity index (χ0v) is 18.8. The third kappa shape index (κ3) is 6.19. The molecule has 1 amide bonds. The van der Waals surface area contributed by atoms with Crippen LogP contribution in [0.25, 0.3) is 0 Å². The van der Waals surface area contributed by atoms with Crippen molar-refractivity contribution in [1.29, 1.82) is 0 Å². The number of Topliss-reactive ketones (excluding diaryl/α,β-unsaturated/α-hetero) is 1. The first-order valence-electron chi connectivity index (χ1n) is 9.21. The molecule has 7 heteroatoms. The number of nitrogens with zero attached hydrogens (tertiary/aromatic N) is 1. The molecule has 0 atom stereocenters. The minimum Gasteiger partial charge on any atom is -0.325 e. The highest BCUT2D eigenvalue weighted by molar-refractivity contribution is 8.01. The SMILES string of the molecule is CCc1ccc(C(=O)CSc2nc(CC(=O)Nc3ccccc3SC)cs2)cc1. The molecule has 3 aromatic rings. The molecule has 1 aromatic heterocycles. The molecule has 4 nitrogen and oxygen atoms in total. The van der Waals surface area contributed by atoms with Crippen molar-refractivity contribution in [3.05, 3.63) is 70.7 Å². The Morgan fingerprint density at radius 3 is 2.59 bits per heavy atom. The quantitative estimate of drug-likeness (QED) is 0.346. The number of para-hydroxylation sites is 1. The third-order valence-corrected chi connectivity index (χ3v) is 7.13. The molecule has 0 saturated carbocycles. The van der Waals surface area contributed by atoms with Crippen LogP contribution >= 0.6 is 34.9 Å². The van der Waals surface area contributed by atoms with Gasteiger partial charge in [-0.05, 0) is 30.4 Å².